The van der Waals surface area contributed by atoms with Crippen molar-refractivity contribution in [3.8, 4) is 6.07 Å². The molecule has 4 nitrogen and oxygen atoms in total. The first-order valence-corrected chi connectivity index (χ1v) is 5.02. The van der Waals surface area contributed by atoms with Crippen LogP contribution in [0, 0.1) is 11.3 Å². The van der Waals surface area contributed by atoms with Gasteiger partial charge in [0.05, 0.1) is 0 Å². The second-order valence-corrected chi connectivity index (χ2v) is 3.22. The average Bonchev–Trinajstić information content (AvgIpc) is 2.16. The first-order valence-electron chi connectivity index (χ1n) is 3.42. The van der Waals surface area contributed by atoms with E-state index in [4.69, 9.17) is 16.9 Å². The molecule has 1 rings (SSSR count). The van der Waals surface area contributed by atoms with Crippen LogP contribution in [0.5, 0.6) is 0 Å². The summed E-state index contributed by atoms with van der Waals surface area (Å²) < 4.78 is 0. The second kappa shape index (κ2) is 4.30. The highest BCUT2D eigenvalue weighted by Gasteiger charge is 2.10. The molecule has 0 fully saturated rings. The minimum atomic E-state index is 0.186. The number of halogens is 1. The summed E-state index contributed by atoms with van der Waals surface area (Å²) in [5.74, 6) is 0.465. The molecule has 0 atom stereocenters. The fraction of sp³-hybridized carbons (Fsp3) is 0.286. The number of hydrogen-bond donors (Lipinski definition) is 1. The van der Waals surface area contributed by atoms with Crippen molar-refractivity contribution in [3.05, 3.63) is 10.7 Å². The standard InChI is InChI=1S/C7H7ClN4S/c1-10-6-4(3-9)5(8)11-7(12-6)13-2/h1-2H3,(H,10,11,12). The van der Waals surface area contributed by atoms with Gasteiger partial charge in [-0.15, -0.1) is 0 Å². The van der Waals surface area contributed by atoms with E-state index in [0.717, 1.165) is 0 Å². The van der Waals surface area contributed by atoms with E-state index in [2.05, 4.69) is 15.3 Å². The fourth-order valence-corrected chi connectivity index (χ4v) is 1.41. The minimum Gasteiger partial charge on any atom is -0.372 e. The first-order chi connectivity index (χ1) is 6.22. The highest BCUT2D eigenvalue weighted by atomic mass is 35.5. The van der Waals surface area contributed by atoms with Gasteiger partial charge in [-0.05, 0) is 6.26 Å². The molecule has 1 aromatic rings. The number of nitrogens with zero attached hydrogens (tertiary/aromatic N) is 3. The van der Waals surface area contributed by atoms with E-state index < -0.39 is 0 Å². The van der Waals surface area contributed by atoms with Crippen LogP contribution in [0.1, 0.15) is 5.56 Å². The zero-order valence-corrected chi connectivity index (χ0v) is 8.70. The van der Waals surface area contributed by atoms with Gasteiger partial charge in [-0.3, -0.25) is 0 Å². The molecule has 1 heterocycles. The van der Waals surface area contributed by atoms with Gasteiger partial charge in [-0.25, -0.2) is 9.97 Å². The highest BCUT2D eigenvalue weighted by Crippen LogP contribution is 2.22. The van der Waals surface area contributed by atoms with Crippen molar-refractivity contribution in [1.82, 2.24) is 9.97 Å². The molecule has 0 amide bonds. The van der Waals surface area contributed by atoms with E-state index in [0.29, 0.717) is 11.0 Å². The van der Waals surface area contributed by atoms with E-state index >= 15 is 0 Å². The summed E-state index contributed by atoms with van der Waals surface area (Å²) in [6.45, 7) is 0. The maximum atomic E-state index is 8.73. The third kappa shape index (κ3) is 2.02. The molecular formula is C7H7ClN4S. The number of nitrogens with one attached hydrogen (secondary N) is 1. The van der Waals surface area contributed by atoms with Crippen LogP contribution in [0.25, 0.3) is 0 Å². The topological polar surface area (TPSA) is 61.6 Å². The van der Waals surface area contributed by atoms with Crippen LogP contribution in [0.2, 0.25) is 5.15 Å². The van der Waals surface area contributed by atoms with Gasteiger partial charge in [0.15, 0.2) is 10.3 Å². The Kier molecular flexibility index (Phi) is 3.34. The molecule has 68 valence electrons. The minimum absolute atomic E-state index is 0.186. The molecule has 0 saturated carbocycles. The summed E-state index contributed by atoms with van der Waals surface area (Å²) in [5, 5.41) is 12.3. The molecule has 6 heteroatoms. The zero-order chi connectivity index (χ0) is 9.84. The molecule has 0 aromatic carbocycles. The van der Waals surface area contributed by atoms with Gasteiger partial charge in [0, 0.05) is 7.05 Å². The number of rotatable bonds is 2. The summed E-state index contributed by atoms with van der Waals surface area (Å²) in [6, 6.07) is 1.94. The first kappa shape index (κ1) is 10.1. The molecule has 0 spiro atoms. The van der Waals surface area contributed by atoms with E-state index in [1.165, 1.54) is 11.8 Å². The quantitative estimate of drug-likeness (QED) is 0.462. The van der Waals surface area contributed by atoms with Crippen molar-refractivity contribution in [2.75, 3.05) is 18.6 Å². The maximum absolute atomic E-state index is 8.73. The molecule has 0 bridgehead atoms. The number of nitriles is 1. The van der Waals surface area contributed by atoms with Crippen molar-refractivity contribution in [3.63, 3.8) is 0 Å². The summed E-state index contributed by atoms with van der Waals surface area (Å²) >= 11 is 7.14. The lowest BCUT2D eigenvalue weighted by Gasteiger charge is -2.04. The predicted molar refractivity (Wildman–Crippen MR) is 53.1 cm³/mol. The fourth-order valence-electron chi connectivity index (χ4n) is 0.785. The molecule has 13 heavy (non-hydrogen) atoms. The summed E-state index contributed by atoms with van der Waals surface area (Å²) in [4.78, 5) is 8.00. The predicted octanol–water partition coefficient (Wildman–Crippen LogP) is 1.77. The van der Waals surface area contributed by atoms with Crippen molar-refractivity contribution < 1.29 is 0 Å². The molecule has 1 N–H and O–H groups in total. The van der Waals surface area contributed by atoms with Gasteiger partial charge < -0.3 is 5.32 Å². The van der Waals surface area contributed by atoms with Crippen molar-refractivity contribution >= 4 is 29.2 Å². The van der Waals surface area contributed by atoms with Gasteiger partial charge >= 0.3 is 0 Å². The molecule has 0 aliphatic heterocycles. The number of hydrogen-bond acceptors (Lipinski definition) is 5. The maximum Gasteiger partial charge on any atom is 0.190 e. The van der Waals surface area contributed by atoms with Gasteiger partial charge in [0.2, 0.25) is 0 Å². The zero-order valence-electron chi connectivity index (χ0n) is 7.13. The average molecular weight is 215 g/mol. The van der Waals surface area contributed by atoms with Crippen LogP contribution in [-0.4, -0.2) is 23.3 Å². The smallest absolute Gasteiger partial charge is 0.190 e. The molecule has 0 saturated heterocycles. The van der Waals surface area contributed by atoms with E-state index in [1.807, 2.05) is 12.3 Å². The molecule has 0 radical (unpaired) electrons. The third-order valence-corrected chi connectivity index (χ3v) is 2.20. The Morgan fingerprint density at radius 3 is 2.69 bits per heavy atom. The van der Waals surface area contributed by atoms with Crippen LogP contribution in [-0.2, 0) is 0 Å². The molecule has 0 aliphatic rings. The van der Waals surface area contributed by atoms with Crippen LogP contribution in [0.4, 0.5) is 5.82 Å². The lowest BCUT2D eigenvalue weighted by Crippen LogP contribution is -2.00. The van der Waals surface area contributed by atoms with Crippen LogP contribution < -0.4 is 5.32 Å². The van der Waals surface area contributed by atoms with Gasteiger partial charge in [-0.1, -0.05) is 23.4 Å². The van der Waals surface area contributed by atoms with Gasteiger partial charge in [-0.2, -0.15) is 5.26 Å². The van der Waals surface area contributed by atoms with Gasteiger partial charge in [0.1, 0.15) is 17.5 Å². The third-order valence-electron chi connectivity index (χ3n) is 1.38. The van der Waals surface area contributed by atoms with E-state index in [-0.39, 0.29) is 10.7 Å². The lowest BCUT2D eigenvalue weighted by atomic mass is 10.3. The molecule has 0 aliphatic carbocycles. The lowest BCUT2D eigenvalue weighted by molar-refractivity contribution is 0.966. The number of anilines is 1. The highest BCUT2D eigenvalue weighted by molar-refractivity contribution is 7.98. The summed E-state index contributed by atoms with van der Waals surface area (Å²) in [5.41, 5.74) is 0.280. The molecular weight excluding hydrogens is 208 g/mol. The van der Waals surface area contributed by atoms with E-state index in [1.54, 1.807) is 7.05 Å². The Balaban J connectivity index is 3.31. The van der Waals surface area contributed by atoms with Crippen LogP contribution >= 0.6 is 23.4 Å². The van der Waals surface area contributed by atoms with Crippen molar-refractivity contribution in [1.29, 1.82) is 5.26 Å². The normalized spacial score (nSPS) is 9.38. The SMILES string of the molecule is CNc1nc(SC)nc(Cl)c1C#N. The Morgan fingerprint density at radius 2 is 2.23 bits per heavy atom. The van der Waals surface area contributed by atoms with Crippen LogP contribution in [0.3, 0.4) is 0 Å². The monoisotopic (exact) mass is 214 g/mol. The largest absolute Gasteiger partial charge is 0.372 e. The Bertz CT molecular complexity index is 360. The number of aromatic nitrogens is 2. The van der Waals surface area contributed by atoms with Crippen molar-refractivity contribution in [2.24, 2.45) is 0 Å². The molecule has 0 unspecified atom stereocenters. The second-order valence-electron chi connectivity index (χ2n) is 2.09. The Labute approximate surface area is 85.3 Å². The Morgan fingerprint density at radius 1 is 1.54 bits per heavy atom. The number of thioether (sulfide) groups is 1. The summed E-state index contributed by atoms with van der Waals surface area (Å²) in [6.07, 6.45) is 1.84. The van der Waals surface area contributed by atoms with Crippen LogP contribution in [0.15, 0.2) is 5.16 Å². The van der Waals surface area contributed by atoms with Gasteiger partial charge in [0.25, 0.3) is 0 Å². The van der Waals surface area contributed by atoms with Crippen molar-refractivity contribution in [2.45, 2.75) is 5.16 Å². The molecule has 1 aromatic heterocycles. The summed E-state index contributed by atoms with van der Waals surface area (Å²) in [7, 11) is 1.68. The Hall–Kier alpha value is -0.990. The van der Waals surface area contributed by atoms with E-state index in [9.17, 15) is 0 Å².